The van der Waals surface area contributed by atoms with Crippen molar-refractivity contribution in [1.82, 2.24) is 4.90 Å². The molecule has 0 aromatic heterocycles. The third-order valence-electron chi connectivity index (χ3n) is 3.87. The third kappa shape index (κ3) is 4.33. The molecular formula is C17H23FN2. The first kappa shape index (κ1) is 15.0. The van der Waals surface area contributed by atoms with Gasteiger partial charge in [-0.2, -0.15) is 0 Å². The van der Waals surface area contributed by atoms with Crippen molar-refractivity contribution in [2.24, 2.45) is 11.7 Å². The number of hydrogen-bond donors (Lipinski definition) is 1. The highest BCUT2D eigenvalue weighted by atomic mass is 19.1. The minimum atomic E-state index is -0.265. The van der Waals surface area contributed by atoms with Crippen molar-refractivity contribution < 1.29 is 4.39 Å². The molecule has 2 N–H and O–H groups in total. The Morgan fingerprint density at radius 1 is 1.35 bits per heavy atom. The van der Waals surface area contributed by atoms with Crippen molar-refractivity contribution in [1.29, 1.82) is 0 Å². The van der Waals surface area contributed by atoms with Crippen LogP contribution in [-0.2, 0) is 6.54 Å². The summed E-state index contributed by atoms with van der Waals surface area (Å²) in [5.41, 5.74) is 6.92. The van der Waals surface area contributed by atoms with Gasteiger partial charge in [0.2, 0.25) is 0 Å². The molecule has 1 fully saturated rings. The second-order valence-corrected chi connectivity index (χ2v) is 5.63. The molecule has 2 nitrogen and oxygen atoms in total. The van der Waals surface area contributed by atoms with Gasteiger partial charge in [0.1, 0.15) is 5.82 Å². The molecule has 1 aromatic carbocycles. The molecule has 0 spiro atoms. The zero-order chi connectivity index (χ0) is 14.4. The lowest BCUT2D eigenvalue weighted by Crippen LogP contribution is -2.24. The molecule has 1 atom stereocenters. The predicted molar refractivity (Wildman–Crippen MR) is 80.6 cm³/mol. The summed E-state index contributed by atoms with van der Waals surface area (Å²) in [7, 11) is 0. The SMILES string of the molecule is CC1CCCN(Cc2ccc(F)c(C#CCN)c2)CC1. The molecule has 108 valence electrons. The monoisotopic (exact) mass is 274 g/mol. The van der Waals surface area contributed by atoms with Gasteiger partial charge in [-0.25, -0.2) is 4.39 Å². The van der Waals surface area contributed by atoms with Crippen LogP contribution in [0.25, 0.3) is 0 Å². The number of nitrogens with zero attached hydrogens (tertiary/aromatic N) is 1. The second-order valence-electron chi connectivity index (χ2n) is 5.63. The van der Waals surface area contributed by atoms with Crippen LogP contribution in [0.5, 0.6) is 0 Å². The van der Waals surface area contributed by atoms with Gasteiger partial charge in [0.25, 0.3) is 0 Å². The van der Waals surface area contributed by atoms with Gasteiger partial charge in [-0.3, -0.25) is 4.90 Å². The molecule has 1 aliphatic heterocycles. The summed E-state index contributed by atoms with van der Waals surface area (Å²) < 4.78 is 13.6. The quantitative estimate of drug-likeness (QED) is 0.840. The van der Waals surface area contributed by atoms with E-state index in [0.717, 1.165) is 31.1 Å². The highest BCUT2D eigenvalue weighted by molar-refractivity contribution is 5.38. The van der Waals surface area contributed by atoms with Crippen molar-refractivity contribution in [2.45, 2.75) is 32.7 Å². The Bertz CT molecular complexity index is 501. The fraction of sp³-hybridized carbons (Fsp3) is 0.529. The Balaban J connectivity index is 2.05. The third-order valence-corrected chi connectivity index (χ3v) is 3.87. The molecule has 1 unspecified atom stereocenters. The number of hydrogen-bond acceptors (Lipinski definition) is 2. The summed E-state index contributed by atoms with van der Waals surface area (Å²) in [5.74, 6) is 6.07. The van der Waals surface area contributed by atoms with E-state index in [2.05, 4.69) is 23.7 Å². The average molecular weight is 274 g/mol. The van der Waals surface area contributed by atoms with Crippen molar-refractivity contribution in [2.75, 3.05) is 19.6 Å². The molecular weight excluding hydrogens is 251 g/mol. The van der Waals surface area contributed by atoms with Crippen LogP contribution in [0, 0.1) is 23.6 Å². The number of rotatable bonds is 2. The highest BCUT2D eigenvalue weighted by Gasteiger charge is 2.14. The summed E-state index contributed by atoms with van der Waals surface area (Å²) in [6.07, 6.45) is 3.82. The topological polar surface area (TPSA) is 29.3 Å². The minimum absolute atomic E-state index is 0.258. The molecule has 0 radical (unpaired) electrons. The van der Waals surface area contributed by atoms with E-state index >= 15 is 0 Å². The van der Waals surface area contributed by atoms with Gasteiger partial charge in [-0.15, -0.1) is 0 Å². The molecule has 1 aromatic rings. The van der Waals surface area contributed by atoms with Crippen LogP contribution >= 0.6 is 0 Å². The summed E-state index contributed by atoms with van der Waals surface area (Å²) in [6, 6.07) is 5.22. The van der Waals surface area contributed by atoms with Gasteiger partial charge in [0.15, 0.2) is 0 Å². The van der Waals surface area contributed by atoms with E-state index < -0.39 is 0 Å². The lowest BCUT2D eigenvalue weighted by Gasteiger charge is -2.20. The Kier molecular flexibility index (Phi) is 5.58. The molecule has 2 rings (SSSR count). The van der Waals surface area contributed by atoms with Gasteiger partial charge in [-0.05, 0) is 56.0 Å². The Labute approximate surface area is 121 Å². The second kappa shape index (κ2) is 7.42. The van der Waals surface area contributed by atoms with Gasteiger partial charge >= 0.3 is 0 Å². The summed E-state index contributed by atoms with van der Waals surface area (Å²) in [6.45, 7) is 5.72. The van der Waals surface area contributed by atoms with Crippen LogP contribution in [0.15, 0.2) is 18.2 Å². The van der Waals surface area contributed by atoms with E-state index in [-0.39, 0.29) is 12.4 Å². The number of halogens is 1. The van der Waals surface area contributed by atoms with Crippen LogP contribution < -0.4 is 5.73 Å². The van der Waals surface area contributed by atoms with E-state index in [0.29, 0.717) is 5.56 Å². The Morgan fingerprint density at radius 2 is 2.20 bits per heavy atom. The van der Waals surface area contributed by atoms with Crippen LogP contribution in [0.3, 0.4) is 0 Å². The summed E-state index contributed by atoms with van der Waals surface area (Å²) in [4.78, 5) is 2.46. The number of benzene rings is 1. The van der Waals surface area contributed by atoms with Crippen LogP contribution in [-0.4, -0.2) is 24.5 Å². The summed E-state index contributed by atoms with van der Waals surface area (Å²) >= 11 is 0. The molecule has 0 aliphatic carbocycles. The van der Waals surface area contributed by atoms with Crippen molar-refractivity contribution in [3.63, 3.8) is 0 Å². The van der Waals surface area contributed by atoms with Gasteiger partial charge in [0, 0.05) is 6.54 Å². The lowest BCUT2D eigenvalue weighted by molar-refractivity contribution is 0.273. The van der Waals surface area contributed by atoms with Crippen LogP contribution in [0.2, 0.25) is 0 Å². The molecule has 1 saturated heterocycles. The summed E-state index contributed by atoms with van der Waals surface area (Å²) in [5, 5.41) is 0. The Morgan fingerprint density at radius 3 is 3.00 bits per heavy atom. The fourth-order valence-corrected chi connectivity index (χ4v) is 2.65. The van der Waals surface area contributed by atoms with Crippen molar-refractivity contribution in [3.05, 3.63) is 35.1 Å². The zero-order valence-electron chi connectivity index (χ0n) is 12.2. The number of likely N-dealkylation sites (tertiary alicyclic amines) is 1. The van der Waals surface area contributed by atoms with Crippen molar-refractivity contribution in [3.8, 4) is 11.8 Å². The van der Waals surface area contributed by atoms with Gasteiger partial charge in [0.05, 0.1) is 12.1 Å². The maximum Gasteiger partial charge on any atom is 0.138 e. The zero-order valence-corrected chi connectivity index (χ0v) is 12.2. The highest BCUT2D eigenvalue weighted by Crippen LogP contribution is 2.19. The van der Waals surface area contributed by atoms with E-state index in [1.54, 1.807) is 0 Å². The Hall–Kier alpha value is -1.37. The van der Waals surface area contributed by atoms with Gasteiger partial charge in [-0.1, -0.05) is 24.8 Å². The largest absolute Gasteiger partial charge is 0.320 e. The van der Waals surface area contributed by atoms with E-state index in [1.165, 1.54) is 25.3 Å². The molecule has 1 aliphatic rings. The first-order valence-electron chi connectivity index (χ1n) is 7.38. The lowest BCUT2D eigenvalue weighted by atomic mass is 10.0. The van der Waals surface area contributed by atoms with E-state index in [4.69, 9.17) is 5.73 Å². The molecule has 0 saturated carbocycles. The maximum absolute atomic E-state index is 13.6. The fourth-order valence-electron chi connectivity index (χ4n) is 2.65. The molecule has 0 bridgehead atoms. The minimum Gasteiger partial charge on any atom is -0.320 e. The smallest absolute Gasteiger partial charge is 0.138 e. The normalized spacial score (nSPS) is 20.1. The molecule has 20 heavy (non-hydrogen) atoms. The number of nitrogens with two attached hydrogens (primary N) is 1. The predicted octanol–water partition coefficient (Wildman–Crippen LogP) is 2.76. The van der Waals surface area contributed by atoms with E-state index in [9.17, 15) is 4.39 Å². The first-order chi connectivity index (χ1) is 9.69. The van der Waals surface area contributed by atoms with Gasteiger partial charge < -0.3 is 5.73 Å². The van der Waals surface area contributed by atoms with Crippen LogP contribution in [0.4, 0.5) is 4.39 Å². The average Bonchev–Trinajstić information content (AvgIpc) is 2.64. The molecule has 0 amide bonds. The van der Waals surface area contributed by atoms with Crippen molar-refractivity contribution >= 4 is 0 Å². The molecule has 1 heterocycles. The van der Waals surface area contributed by atoms with Crippen LogP contribution in [0.1, 0.15) is 37.3 Å². The first-order valence-corrected chi connectivity index (χ1v) is 7.38. The standard InChI is InChI=1S/C17H23FN2/c1-14-4-3-10-20(11-8-14)13-15-6-7-17(18)16(12-15)5-2-9-19/h6-7,12,14H,3-4,8-11,13,19H2,1H3. The maximum atomic E-state index is 13.6. The molecule has 3 heteroatoms. The van der Waals surface area contributed by atoms with E-state index in [1.807, 2.05) is 12.1 Å².